The highest BCUT2D eigenvalue weighted by Gasteiger charge is 3.00. The molecule has 0 radical (unpaired) electrons. The third kappa shape index (κ3) is 3.26. The molecule has 2 unspecified atom stereocenters. The molecule has 5 N–H and O–H groups in total. The molecule has 1 aliphatic heterocycles. The number of carbonyl (C=O) groups excluding carboxylic acids is 3. The Morgan fingerprint density at radius 1 is 0.795 bits per heavy atom. The molecule has 0 aromatic heterocycles. The molecule has 0 spiro atoms. The van der Waals surface area contributed by atoms with Crippen LogP contribution < -0.4 is 0 Å². The largest absolute Gasteiger partial charge is 0.380 e. The molecular weight excluding hydrogens is 504 g/mol. The molecule has 3 aromatic carbocycles. The van der Waals surface area contributed by atoms with Gasteiger partial charge in [-0.3, -0.25) is 14.4 Å². The second-order valence-corrected chi connectivity index (χ2v) is 10.6. The van der Waals surface area contributed by atoms with Crippen LogP contribution in [0.3, 0.4) is 0 Å². The molecule has 39 heavy (non-hydrogen) atoms. The molecule has 1 saturated carbocycles. The summed E-state index contributed by atoms with van der Waals surface area (Å²) in [6.07, 6.45) is -4.61. The van der Waals surface area contributed by atoms with Crippen molar-refractivity contribution in [1.29, 1.82) is 0 Å². The SMILES string of the molecule is CC1(C)C2(O)O[C@H]([C@@](O)(C(=O)c3ccccc3)C(=O)C(O)c3ccccc3)[C@](O)(C(=O)c3ccccc3)[C@]12O. The fourth-order valence-corrected chi connectivity index (χ4v) is 5.85. The molecule has 1 aliphatic carbocycles. The standard InChI is InChI=1S/C30H28O9/c1-26(2)29(37)28(36,23(33)20-16-10-5-11-17-20)25(39-30(26,29)38)27(35,22(32)19-14-8-4-9-15-19)24(34)21(31)18-12-6-3-7-13-18/h3-17,21,25,31,35-38H,1-2H3/t21?,25-,27-,28-,29-,30?/m1/s1. The fourth-order valence-electron chi connectivity index (χ4n) is 5.85. The third-order valence-corrected chi connectivity index (χ3v) is 8.28. The lowest BCUT2D eigenvalue weighted by atomic mass is 9.68. The van der Waals surface area contributed by atoms with Gasteiger partial charge >= 0.3 is 0 Å². The van der Waals surface area contributed by atoms with Crippen molar-refractivity contribution in [3.63, 3.8) is 0 Å². The highest BCUT2D eigenvalue weighted by atomic mass is 16.7. The number of aliphatic hydroxyl groups excluding tert-OH is 1. The number of benzene rings is 3. The number of ether oxygens (including phenoxy) is 1. The summed E-state index contributed by atoms with van der Waals surface area (Å²) in [7, 11) is 0. The van der Waals surface area contributed by atoms with Crippen LogP contribution in [0.15, 0.2) is 91.0 Å². The molecule has 9 heteroatoms. The molecule has 5 rings (SSSR count). The van der Waals surface area contributed by atoms with Gasteiger partial charge in [0.1, 0.15) is 12.2 Å². The van der Waals surface area contributed by atoms with Crippen molar-refractivity contribution < 1.29 is 44.7 Å². The second-order valence-electron chi connectivity index (χ2n) is 10.6. The summed E-state index contributed by atoms with van der Waals surface area (Å²) in [6, 6.07) is 21.7. The van der Waals surface area contributed by atoms with Gasteiger partial charge in [-0.05, 0) is 5.56 Å². The van der Waals surface area contributed by atoms with Crippen LogP contribution in [-0.4, -0.2) is 71.6 Å². The highest BCUT2D eigenvalue weighted by molar-refractivity contribution is 6.20. The Morgan fingerprint density at radius 2 is 1.26 bits per heavy atom. The van der Waals surface area contributed by atoms with E-state index in [1.165, 1.54) is 86.6 Å². The first-order chi connectivity index (χ1) is 18.3. The lowest BCUT2D eigenvalue weighted by Gasteiger charge is -2.43. The Labute approximate surface area is 223 Å². The van der Waals surface area contributed by atoms with E-state index in [9.17, 15) is 39.9 Å². The quantitative estimate of drug-likeness (QED) is 0.213. The van der Waals surface area contributed by atoms with Crippen molar-refractivity contribution >= 4 is 17.3 Å². The molecule has 0 bridgehead atoms. The molecule has 1 saturated heterocycles. The first kappa shape index (κ1) is 27.0. The predicted octanol–water partition coefficient (Wildman–Crippen LogP) is 1.38. The van der Waals surface area contributed by atoms with E-state index in [0.29, 0.717) is 0 Å². The number of hydrogen-bond donors (Lipinski definition) is 5. The fraction of sp³-hybridized carbons (Fsp3) is 0.300. The third-order valence-electron chi connectivity index (χ3n) is 8.28. The lowest BCUT2D eigenvalue weighted by Crippen LogP contribution is -2.71. The second kappa shape index (κ2) is 8.72. The van der Waals surface area contributed by atoms with E-state index in [1.54, 1.807) is 18.2 Å². The van der Waals surface area contributed by atoms with E-state index in [-0.39, 0.29) is 16.7 Å². The minimum absolute atomic E-state index is 0.0145. The Bertz CT molecular complexity index is 1440. The van der Waals surface area contributed by atoms with Gasteiger partial charge in [-0.1, -0.05) is 105 Å². The van der Waals surface area contributed by atoms with Crippen LogP contribution in [-0.2, 0) is 9.53 Å². The van der Waals surface area contributed by atoms with E-state index >= 15 is 0 Å². The summed E-state index contributed by atoms with van der Waals surface area (Å²) >= 11 is 0. The minimum Gasteiger partial charge on any atom is -0.380 e. The molecule has 3 aromatic rings. The van der Waals surface area contributed by atoms with Crippen LogP contribution in [0.1, 0.15) is 46.2 Å². The van der Waals surface area contributed by atoms with Crippen molar-refractivity contribution in [2.24, 2.45) is 5.41 Å². The van der Waals surface area contributed by atoms with Crippen LogP contribution in [0.2, 0.25) is 0 Å². The minimum atomic E-state index is -3.44. The number of Topliss-reactive ketones (excluding diaryl/α,β-unsaturated/α-hetero) is 3. The van der Waals surface area contributed by atoms with Crippen molar-refractivity contribution in [2.75, 3.05) is 0 Å². The molecule has 2 aliphatic rings. The van der Waals surface area contributed by atoms with E-state index < -0.39 is 57.6 Å². The number of carbonyl (C=O) groups is 3. The number of aliphatic hydroxyl groups is 5. The zero-order valence-electron chi connectivity index (χ0n) is 21.2. The first-order valence-electron chi connectivity index (χ1n) is 12.3. The summed E-state index contributed by atoms with van der Waals surface area (Å²) in [6.45, 7) is 2.65. The van der Waals surface area contributed by atoms with Crippen LogP contribution >= 0.6 is 0 Å². The molecule has 6 atom stereocenters. The van der Waals surface area contributed by atoms with Gasteiger partial charge in [0.25, 0.3) is 0 Å². The molecule has 202 valence electrons. The normalized spacial score (nSPS) is 31.0. The molecule has 9 nitrogen and oxygen atoms in total. The topological polar surface area (TPSA) is 162 Å². The summed E-state index contributed by atoms with van der Waals surface area (Å²) in [5.74, 6) is -6.65. The predicted molar refractivity (Wildman–Crippen MR) is 136 cm³/mol. The van der Waals surface area contributed by atoms with E-state index in [2.05, 4.69) is 0 Å². The van der Waals surface area contributed by atoms with E-state index in [4.69, 9.17) is 4.74 Å². The Kier molecular flexibility index (Phi) is 6.04. The van der Waals surface area contributed by atoms with Crippen LogP contribution in [0.5, 0.6) is 0 Å². The lowest BCUT2D eigenvalue weighted by molar-refractivity contribution is -0.219. The first-order valence-corrected chi connectivity index (χ1v) is 12.3. The smallest absolute Gasteiger partial charge is 0.219 e. The zero-order valence-corrected chi connectivity index (χ0v) is 21.2. The maximum Gasteiger partial charge on any atom is 0.219 e. The molecule has 1 heterocycles. The number of rotatable bonds is 8. The molecule has 0 amide bonds. The Hall–Kier alpha value is -3.57. The van der Waals surface area contributed by atoms with Gasteiger partial charge in [0, 0.05) is 11.1 Å². The number of hydrogen-bond acceptors (Lipinski definition) is 9. The van der Waals surface area contributed by atoms with Crippen molar-refractivity contribution in [2.45, 2.75) is 48.6 Å². The summed E-state index contributed by atoms with van der Waals surface area (Å²) in [4.78, 5) is 41.8. The number of ketones is 3. The summed E-state index contributed by atoms with van der Waals surface area (Å²) in [5, 5.41) is 58.3. The van der Waals surface area contributed by atoms with Crippen molar-refractivity contribution in [3.8, 4) is 0 Å². The average Bonchev–Trinajstić information content (AvgIpc) is 3.20. The summed E-state index contributed by atoms with van der Waals surface area (Å²) < 4.78 is 5.65. The van der Waals surface area contributed by atoms with E-state index in [0.717, 1.165) is 0 Å². The maximum atomic E-state index is 13.9. The van der Waals surface area contributed by atoms with Gasteiger partial charge in [-0.2, -0.15) is 0 Å². The van der Waals surface area contributed by atoms with Crippen LogP contribution in [0, 0.1) is 5.41 Å². The van der Waals surface area contributed by atoms with Gasteiger partial charge in [-0.15, -0.1) is 0 Å². The molecular formula is C30H28O9. The zero-order chi connectivity index (χ0) is 28.4. The van der Waals surface area contributed by atoms with Gasteiger partial charge in [0.15, 0.2) is 17.0 Å². The molecule has 2 fully saturated rings. The van der Waals surface area contributed by atoms with Crippen LogP contribution in [0.4, 0.5) is 0 Å². The van der Waals surface area contributed by atoms with E-state index in [1.807, 2.05) is 0 Å². The van der Waals surface area contributed by atoms with Crippen LogP contribution in [0.25, 0.3) is 0 Å². The Morgan fingerprint density at radius 3 is 1.77 bits per heavy atom. The van der Waals surface area contributed by atoms with Gasteiger partial charge in [0.05, 0.1) is 5.41 Å². The van der Waals surface area contributed by atoms with Crippen molar-refractivity contribution in [3.05, 3.63) is 108 Å². The monoisotopic (exact) mass is 532 g/mol. The van der Waals surface area contributed by atoms with Crippen molar-refractivity contribution in [1.82, 2.24) is 0 Å². The highest BCUT2D eigenvalue weighted by Crippen LogP contribution is 2.76. The summed E-state index contributed by atoms with van der Waals surface area (Å²) in [5.41, 5.74) is -11.4. The number of fused-ring (bicyclic) bond motifs is 1. The maximum absolute atomic E-state index is 13.9. The van der Waals surface area contributed by atoms with Gasteiger partial charge in [-0.25, -0.2) is 0 Å². The van der Waals surface area contributed by atoms with Gasteiger partial charge in [0.2, 0.25) is 23.0 Å². The van der Waals surface area contributed by atoms with Gasteiger partial charge < -0.3 is 30.3 Å². The Balaban J connectivity index is 1.73. The average molecular weight is 533 g/mol.